The van der Waals surface area contributed by atoms with Crippen LogP contribution < -0.4 is 4.74 Å². The average Bonchev–Trinajstić information content (AvgIpc) is 3.17. The summed E-state index contributed by atoms with van der Waals surface area (Å²) in [5.74, 6) is -0.613. The van der Waals surface area contributed by atoms with Gasteiger partial charge in [0.15, 0.2) is 17.7 Å². The molecule has 7 nitrogen and oxygen atoms in total. The first-order valence-electron chi connectivity index (χ1n) is 8.19. The van der Waals surface area contributed by atoms with E-state index in [2.05, 4.69) is 26.0 Å². The van der Waals surface area contributed by atoms with Gasteiger partial charge in [-0.1, -0.05) is 28.9 Å². The van der Waals surface area contributed by atoms with Crippen molar-refractivity contribution in [1.82, 2.24) is 14.8 Å². The van der Waals surface area contributed by atoms with Crippen molar-refractivity contribution in [1.29, 1.82) is 0 Å². The fraction of sp³-hybridized carbons (Fsp3) is 0.158. The number of hydrogen-bond acceptors (Lipinski definition) is 5. The van der Waals surface area contributed by atoms with E-state index in [4.69, 9.17) is 4.74 Å². The van der Waals surface area contributed by atoms with Crippen LogP contribution in [-0.2, 0) is 4.79 Å². The Hall–Kier alpha value is -3.00. The number of carboxylic acids is 1. The molecule has 0 aliphatic carbocycles. The van der Waals surface area contributed by atoms with Crippen LogP contribution in [0.25, 0.3) is 5.82 Å². The fourth-order valence-electron chi connectivity index (χ4n) is 2.45. The van der Waals surface area contributed by atoms with Gasteiger partial charge in [0.2, 0.25) is 0 Å². The quantitative estimate of drug-likeness (QED) is 0.577. The monoisotopic (exact) mass is 429 g/mol. The lowest BCUT2D eigenvalue weighted by Gasteiger charge is -2.16. The molecule has 0 amide bonds. The molecule has 1 atom stereocenters. The molecule has 0 fully saturated rings. The van der Waals surface area contributed by atoms with Crippen molar-refractivity contribution in [3.05, 3.63) is 70.6 Å². The van der Waals surface area contributed by atoms with Gasteiger partial charge >= 0.3 is 5.97 Å². The molecule has 0 bridgehead atoms. The minimum absolute atomic E-state index is 0.211. The standard InChI is InChI=1S/C19H16BrN3O4/c1-2-15(19(25)26)27-16-7-6-13(20)9-14(16)18(24)12-10-22-23(11-12)17-5-3-4-8-21-17/h3-11,15H,2H2,1H3,(H,25,26). The molecule has 0 aliphatic rings. The molecular formula is C19H16BrN3O4. The van der Waals surface area contributed by atoms with Crippen LogP contribution in [0, 0.1) is 0 Å². The van der Waals surface area contributed by atoms with Crippen molar-refractivity contribution in [2.24, 2.45) is 0 Å². The number of aromatic nitrogens is 3. The van der Waals surface area contributed by atoms with Gasteiger partial charge in [-0.2, -0.15) is 5.10 Å². The van der Waals surface area contributed by atoms with Gasteiger partial charge in [-0.25, -0.2) is 14.5 Å². The van der Waals surface area contributed by atoms with E-state index < -0.39 is 12.1 Å². The highest BCUT2D eigenvalue weighted by Crippen LogP contribution is 2.27. The van der Waals surface area contributed by atoms with Gasteiger partial charge in [0.1, 0.15) is 5.75 Å². The first-order valence-corrected chi connectivity index (χ1v) is 8.98. The summed E-state index contributed by atoms with van der Waals surface area (Å²) in [6.45, 7) is 1.70. The Morgan fingerprint density at radius 2 is 2.11 bits per heavy atom. The van der Waals surface area contributed by atoms with Gasteiger partial charge in [-0.3, -0.25) is 4.79 Å². The van der Waals surface area contributed by atoms with Crippen molar-refractivity contribution in [3.63, 3.8) is 0 Å². The Labute approximate surface area is 163 Å². The highest BCUT2D eigenvalue weighted by molar-refractivity contribution is 9.10. The Bertz CT molecular complexity index is 972. The number of aliphatic carboxylic acids is 1. The van der Waals surface area contributed by atoms with Crippen molar-refractivity contribution < 1.29 is 19.4 Å². The number of carboxylic acid groups (broad SMARTS) is 1. The van der Waals surface area contributed by atoms with Gasteiger partial charge < -0.3 is 9.84 Å². The lowest BCUT2D eigenvalue weighted by atomic mass is 10.1. The molecule has 3 rings (SSSR count). The minimum atomic E-state index is -1.08. The molecule has 0 aliphatic heterocycles. The van der Waals surface area contributed by atoms with Gasteiger partial charge in [0.25, 0.3) is 0 Å². The van der Waals surface area contributed by atoms with Crippen molar-refractivity contribution in [2.75, 3.05) is 0 Å². The number of ether oxygens (including phenoxy) is 1. The van der Waals surface area contributed by atoms with Gasteiger partial charge in [0, 0.05) is 16.9 Å². The number of pyridine rings is 1. The lowest BCUT2D eigenvalue weighted by Crippen LogP contribution is -2.26. The first kappa shape index (κ1) is 18.8. The van der Waals surface area contributed by atoms with Crippen molar-refractivity contribution in [3.8, 4) is 11.6 Å². The maximum Gasteiger partial charge on any atom is 0.344 e. The number of rotatable bonds is 7. The third kappa shape index (κ3) is 4.22. The summed E-state index contributed by atoms with van der Waals surface area (Å²) in [5, 5.41) is 13.4. The van der Waals surface area contributed by atoms with E-state index >= 15 is 0 Å². The molecule has 2 aromatic heterocycles. The van der Waals surface area contributed by atoms with Crippen LogP contribution in [0.4, 0.5) is 0 Å². The molecular weight excluding hydrogens is 414 g/mol. The normalized spacial score (nSPS) is 11.8. The molecule has 8 heteroatoms. The fourth-order valence-corrected chi connectivity index (χ4v) is 2.82. The highest BCUT2D eigenvalue weighted by atomic mass is 79.9. The Morgan fingerprint density at radius 1 is 1.30 bits per heavy atom. The third-order valence-corrected chi connectivity index (χ3v) is 4.32. The Balaban J connectivity index is 1.94. The molecule has 0 saturated heterocycles. The maximum absolute atomic E-state index is 13.0. The summed E-state index contributed by atoms with van der Waals surface area (Å²) >= 11 is 3.34. The highest BCUT2D eigenvalue weighted by Gasteiger charge is 2.22. The molecule has 2 heterocycles. The van der Waals surface area contributed by atoms with E-state index in [-0.39, 0.29) is 23.5 Å². The number of carbonyl (C=O) groups excluding carboxylic acids is 1. The Morgan fingerprint density at radius 3 is 2.78 bits per heavy atom. The lowest BCUT2D eigenvalue weighted by molar-refractivity contribution is -0.145. The van der Waals surface area contributed by atoms with Gasteiger partial charge in [0.05, 0.1) is 17.3 Å². The summed E-state index contributed by atoms with van der Waals surface area (Å²) in [5.41, 5.74) is 0.594. The zero-order valence-corrected chi connectivity index (χ0v) is 16.0. The minimum Gasteiger partial charge on any atom is -0.479 e. The Kier molecular flexibility index (Phi) is 5.66. The summed E-state index contributed by atoms with van der Waals surface area (Å²) < 4.78 is 7.74. The van der Waals surface area contributed by atoms with Crippen molar-refractivity contribution >= 4 is 27.7 Å². The first-order chi connectivity index (χ1) is 13.0. The van der Waals surface area contributed by atoms with Crippen LogP contribution in [-0.4, -0.2) is 37.7 Å². The number of ketones is 1. The number of halogens is 1. The smallest absolute Gasteiger partial charge is 0.344 e. The molecule has 3 aromatic rings. The van der Waals surface area contributed by atoms with E-state index in [9.17, 15) is 14.7 Å². The third-order valence-electron chi connectivity index (χ3n) is 3.83. The van der Waals surface area contributed by atoms with E-state index in [1.165, 1.54) is 10.9 Å². The average molecular weight is 430 g/mol. The number of hydrogen-bond donors (Lipinski definition) is 1. The largest absolute Gasteiger partial charge is 0.479 e. The van der Waals surface area contributed by atoms with Crippen LogP contribution in [0.1, 0.15) is 29.3 Å². The van der Waals surface area contributed by atoms with Crippen LogP contribution in [0.3, 0.4) is 0 Å². The molecule has 1 N–H and O–H groups in total. The predicted octanol–water partition coefficient (Wildman–Crippen LogP) is 3.50. The van der Waals surface area contributed by atoms with E-state index in [1.807, 2.05) is 6.07 Å². The number of carbonyl (C=O) groups is 2. The number of nitrogens with zero attached hydrogens (tertiary/aromatic N) is 3. The second kappa shape index (κ2) is 8.13. The summed E-state index contributed by atoms with van der Waals surface area (Å²) in [7, 11) is 0. The van der Waals surface area contributed by atoms with Crippen LogP contribution in [0.5, 0.6) is 5.75 Å². The SMILES string of the molecule is CCC(Oc1ccc(Br)cc1C(=O)c1cnn(-c2ccccn2)c1)C(=O)O. The molecule has 0 saturated carbocycles. The summed E-state index contributed by atoms with van der Waals surface area (Å²) in [6, 6.07) is 10.3. The topological polar surface area (TPSA) is 94.3 Å². The van der Waals surface area contributed by atoms with Crippen LogP contribution >= 0.6 is 15.9 Å². The molecule has 1 aromatic carbocycles. The molecule has 1 unspecified atom stereocenters. The predicted molar refractivity (Wildman–Crippen MR) is 101 cm³/mol. The van der Waals surface area contributed by atoms with Crippen molar-refractivity contribution in [2.45, 2.75) is 19.4 Å². The van der Waals surface area contributed by atoms with Gasteiger partial charge in [-0.15, -0.1) is 0 Å². The maximum atomic E-state index is 13.0. The van der Waals surface area contributed by atoms with E-state index in [0.717, 1.165) is 0 Å². The van der Waals surface area contributed by atoms with Crippen LogP contribution in [0.2, 0.25) is 0 Å². The second-order valence-electron chi connectivity index (χ2n) is 5.68. The number of benzene rings is 1. The zero-order chi connectivity index (χ0) is 19.4. The summed E-state index contributed by atoms with van der Waals surface area (Å²) in [6.07, 6.45) is 3.89. The molecule has 27 heavy (non-hydrogen) atoms. The molecule has 138 valence electrons. The second-order valence-corrected chi connectivity index (χ2v) is 6.60. The van der Waals surface area contributed by atoms with Gasteiger partial charge in [-0.05, 0) is 36.8 Å². The zero-order valence-electron chi connectivity index (χ0n) is 14.4. The summed E-state index contributed by atoms with van der Waals surface area (Å²) in [4.78, 5) is 28.4. The molecule has 0 spiro atoms. The van der Waals surface area contributed by atoms with E-state index in [0.29, 0.717) is 15.9 Å². The van der Waals surface area contributed by atoms with Crippen LogP contribution in [0.15, 0.2) is 59.5 Å². The van der Waals surface area contributed by atoms with E-state index in [1.54, 1.807) is 49.6 Å². The molecule has 0 radical (unpaired) electrons.